The average molecular weight is 306 g/mol. The maximum atomic E-state index is 12.6. The third kappa shape index (κ3) is 2.44. The van der Waals surface area contributed by atoms with Gasteiger partial charge in [0.05, 0.1) is 11.3 Å². The Morgan fingerprint density at radius 1 is 1.24 bits per heavy atom. The smallest absolute Gasteiger partial charge is 0.369 e. The van der Waals surface area contributed by atoms with Crippen molar-refractivity contribution in [3.05, 3.63) is 40.6 Å². The van der Waals surface area contributed by atoms with E-state index >= 15 is 0 Å². The average Bonchev–Trinajstić information content (AvgIpc) is 2.62. The van der Waals surface area contributed by atoms with Crippen LogP contribution in [0, 0.1) is 0 Å². The van der Waals surface area contributed by atoms with Crippen LogP contribution in [0.5, 0.6) is 0 Å². The Labute approximate surface area is 103 Å². The van der Waals surface area contributed by atoms with Crippen LogP contribution in [0.4, 0.5) is 19.1 Å². The Kier molecular flexibility index (Phi) is 2.86. The Balaban J connectivity index is 2.57. The van der Waals surface area contributed by atoms with Gasteiger partial charge >= 0.3 is 6.18 Å². The van der Waals surface area contributed by atoms with E-state index in [4.69, 9.17) is 5.73 Å². The van der Waals surface area contributed by atoms with E-state index in [1.54, 1.807) is 0 Å². The largest absolute Gasteiger partial charge is 0.416 e. The molecule has 2 aromatic rings. The van der Waals surface area contributed by atoms with Crippen LogP contribution >= 0.6 is 15.9 Å². The Hall–Kier alpha value is -1.50. The molecule has 0 atom stereocenters. The summed E-state index contributed by atoms with van der Waals surface area (Å²) in [7, 11) is 0. The van der Waals surface area contributed by atoms with Gasteiger partial charge < -0.3 is 5.73 Å². The molecule has 7 heteroatoms. The first-order valence-corrected chi connectivity index (χ1v) is 5.34. The minimum absolute atomic E-state index is 0.135. The van der Waals surface area contributed by atoms with Crippen LogP contribution in [0.3, 0.4) is 0 Å². The Bertz CT molecular complexity index is 548. The number of nitrogens with two attached hydrogens (primary N) is 1. The summed E-state index contributed by atoms with van der Waals surface area (Å²) in [5.41, 5.74) is 5.10. The molecule has 0 aliphatic carbocycles. The van der Waals surface area contributed by atoms with Gasteiger partial charge in [0, 0.05) is 16.9 Å². The number of alkyl halides is 3. The predicted molar refractivity (Wildman–Crippen MR) is 60.7 cm³/mol. The third-order valence-corrected chi connectivity index (χ3v) is 2.62. The summed E-state index contributed by atoms with van der Waals surface area (Å²) >= 11 is 3.04. The van der Waals surface area contributed by atoms with Gasteiger partial charge in [-0.05, 0) is 18.2 Å². The number of benzene rings is 1. The molecule has 0 fully saturated rings. The molecule has 1 aromatic carbocycles. The van der Waals surface area contributed by atoms with Gasteiger partial charge in [-0.25, -0.2) is 4.98 Å². The van der Waals surface area contributed by atoms with E-state index in [1.165, 1.54) is 23.0 Å². The van der Waals surface area contributed by atoms with Crippen molar-refractivity contribution < 1.29 is 13.2 Å². The zero-order valence-electron chi connectivity index (χ0n) is 8.37. The van der Waals surface area contributed by atoms with Crippen LogP contribution in [0.15, 0.2) is 35.1 Å². The number of nitrogen functional groups attached to an aromatic ring is 1. The molecule has 2 rings (SSSR count). The van der Waals surface area contributed by atoms with E-state index in [2.05, 4.69) is 20.9 Å². The first kappa shape index (κ1) is 12.0. The lowest BCUT2D eigenvalue weighted by atomic mass is 10.2. The fraction of sp³-hybridized carbons (Fsp3) is 0.100. The first-order valence-electron chi connectivity index (χ1n) is 4.55. The molecular weight excluding hydrogens is 299 g/mol. The van der Waals surface area contributed by atoms with E-state index in [0.717, 1.165) is 12.1 Å². The fourth-order valence-corrected chi connectivity index (χ4v) is 1.89. The molecule has 0 spiro atoms. The molecule has 2 N–H and O–H groups in total. The molecule has 3 nitrogen and oxygen atoms in total. The van der Waals surface area contributed by atoms with Gasteiger partial charge in [-0.3, -0.25) is 4.57 Å². The Morgan fingerprint density at radius 2 is 1.94 bits per heavy atom. The van der Waals surface area contributed by atoms with Crippen molar-refractivity contribution in [2.24, 2.45) is 0 Å². The number of rotatable bonds is 1. The topological polar surface area (TPSA) is 43.8 Å². The zero-order valence-corrected chi connectivity index (χ0v) is 9.96. The molecule has 0 bridgehead atoms. The van der Waals surface area contributed by atoms with Crippen LogP contribution in [0.1, 0.15) is 5.56 Å². The van der Waals surface area contributed by atoms with E-state index < -0.39 is 11.7 Å². The molecule has 0 saturated heterocycles. The molecular formula is C10H7BrF3N3. The van der Waals surface area contributed by atoms with Gasteiger partial charge in [0.25, 0.3) is 0 Å². The van der Waals surface area contributed by atoms with Crippen LogP contribution in [-0.4, -0.2) is 9.55 Å². The summed E-state index contributed by atoms with van der Waals surface area (Å²) in [6.07, 6.45) is -1.48. The number of hydrogen-bond donors (Lipinski definition) is 1. The van der Waals surface area contributed by atoms with E-state index in [0.29, 0.717) is 10.2 Å². The predicted octanol–water partition coefficient (Wildman–Crippen LogP) is 3.24. The van der Waals surface area contributed by atoms with Crippen LogP contribution in [0.25, 0.3) is 5.69 Å². The van der Waals surface area contributed by atoms with Gasteiger partial charge in [-0.2, -0.15) is 13.2 Å². The molecule has 0 radical (unpaired) electrons. The van der Waals surface area contributed by atoms with Crippen molar-refractivity contribution in [3.63, 3.8) is 0 Å². The van der Waals surface area contributed by atoms with Gasteiger partial charge in [0.15, 0.2) is 0 Å². The van der Waals surface area contributed by atoms with Crippen molar-refractivity contribution in [1.82, 2.24) is 9.55 Å². The van der Waals surface area contributed by atoms with Crippen LogP contribution in [0.2, 0.25) is 0 Å². The van der Waals surface area contributed by atoms with Crippen LogP contribution < -0.4 is 5.73 Å². The maximum Gasteiger partial charge on any atom is 0.416 e. The van der Waals surface area contributed by atoms with E-state index in [9.17, 15) is 13.2 Å². The number of hydrogen-bond acceptors (Lipinski definition) is 2. The molecule has 1 aromatic heterocycles. The highest BCUT2D eigenvalue weighted by molar-refractivity contribution is 9.10. The molecule has 17 heavy (non-hydrogen) atoms. The van der Waals surface area contributed by atoms with Crippen LogP contribution in [-0.2, 0) is 6.18 Å². The van der Waals surface area contributed by atoms with Crippen molar-refractivity contribution in [2.45, 2.75) is 6.18 Å². The lowest BCUT2D eigenvalue weighted by Crippen LogP contribution is -2.07. The molecule has 90 valence electrons. The van der Waals surface area contributed by atoms with Crippen molar-refractivity contribution in [2.75, 3.05) is 5.73 Å². The minimum Gasteiger partial charge on any atom is -0.369 e. The normalized spacial score (nSPS) is 11.8. The zero-order chi connectivity index (χ0) is 12.6. The highest BCUT2D eigenvalue weighted by Gasteiger charge is 2.31. The summed E-state index contributed by atoms with van der Waals surface area (Å²) in [4.78, 5) is 3.76. The highest BCUT2D eigenvalue weighted by Crippen LogP contribution is 2.33. The Morgan fingerprint density at radius 3 is 2.47 bits per heavy atom. The number of aromatic nitrogens is 2. The SMILES string of the molecule is Nc1nccn1-c1cc(Br)cc(C(F)(F)F)c1. The van der Waals surface area contributed by atoms with Gasteiger partial charge in [-0.1, -0.05) is 15.9 Å². The highest BCUT2D eigenvalue weighted by atomic mass is 79.9. The van der Waals surface area contributed by atoms with Gasteiger partial charge in [-0.15, -0.1) is 0 Å². The number of anilines is 1. The minimum atomic E-state index is -4.39. The molecule has 0 unspecified atom stereocenters. The quantitative estimate of drug-likeness (QED) is 0.879. The monoisotopic (exact) mass is 305 g/mol. The summed E-state index contributed by atoms with van der Waals surface area (Å²) < 4.78 is 39.5. The summed E-state index contributed by atoms with van der Waals surface area (Å²) in [5.74, 6) is 0.135. The number of nitrogens with zero attached hydrogens (tertiary/aromatic N) is 2. The lowest BCUT2D eigenvalue weighted by molar-refractivity contribution is -0.137. The maximum absolute atomic E-state index is 12.6. The fourth-order valence-electron chi connectivity index (χ4n) is 1.41. The summed E-state index contributed by atoms with van der Waals surface area (Å²) in [5, 5.41) is 0. The van der Waals surface area contributed by atoms with E-state index in [1.807, 2.05) is 0 Å². The molecule has 0 amide bonds. The summed E-state index contributed by atoms with van der Waals surface area (Å²) in [6, 6.07) is 3.56. The standard InChI is InChI=1S/C10H7BrF3N3/c11-7-3-6(10(12,13)14)4-8(5-7)17-2-1-16-9(17)15/h1-5H,(H2,15,16). The second kappa shape index (κ2) is 4.06. The lowest BCUT2D eigenvalue weighted by Gasteiger charge is -2.11. The second-order valence-electron chi connectivity index (χ2n) is 3.35. The van der Waals surface area contributed by atoms with Gasteiger partial charge in [0.2, 0.25) is 5.95 Å². The van der Waals surface area contributed by atoms with Gasteiger partial charge in [0.1, 0.15) is 0 Å². The van der Waals surface area contributed by atoms with E-state index in [-0.39, 0.29) is 5.95 Å². The second-order valence-corrected chi connectivity index (χ2v) is 4.27. The van der Waals surface area contributed by atoms with Crippen molar-refractivity contribution in [3.8, 4) is 5.69 Å². The van der Waals surface area contributed by atoms with Crippen molar-refractivity contribution >= 4 is 21.9 Å². The number of imidazole rings is 1. The molecule has 0 aliphatic rings. The summed E-state index contributed by atoms with van der Waals surface area (Å²) in [6.45, 7) is 0. The molecule has 0 saturated carbocycles. The van der Waals surface area contributed by atoms with Crippen molar-refractivity contribution in [1.29, 1.82) is 0 Å². The molecule has 0 aliphatic heterocycles. The first-order chi connectivity index (χ1) is 7.88. The molecule has 1 heterocycles. The third-order valence-electron chi connectivity index (χ3n) is 2.16. The number of halogens is 4.